The largest absolute Gasteiger partial charge is 0.441 e. The first-order valence-corrected chi connectivity index (χ1v) is 5.67. The minimum atomic E-state index is -4.13. The summed E-state index contributed by atoms with van der Waals surface area (Å²) >= 11 is -0.00783. The molecule has 0 bridgehead atoms. The molecule has 0 aromatic heterocycles. The molecular formula is C8H14F3NO2S. The summed E-state index contributed by atoms with van der Waals surface area (Å²) in [6.07, 6.45) is 0.856. The predicted molar refractivity (Wildman–Crippen MR) is 51.7 cm³/mol. The Hall–Kier alpha value is 0.0200. The molecule has 0 aliphatic carbocycles. The average Bonchev–Trinajstić information content (AvgIpc) is 2.17. The quantitative estimate of drug-likeness (QED) is 0.745. The summed E-state index contributed by atoms with van der Waals surface area (Å²) in [4.78, 5) is 0. The minimum absolute atomic E-state index is 0.00783. The van der Waals surface area contributed by atoms with Crippen LogP contribution in [0.3, 0.4) is 0 Å². The monoisotopic (exact) mass is 245 g/mol. The molecule has 1 atom stereocenters. The molecule has 0 saturated carbocycles. The van der Waals surface area contributed by atoms with Crippen LogP contribution < -0.4 is 5.32 Å². The first-order chi connectivity index (χ1) is 7.08. The standard InChI is InChI=1S/C8H14F3NO2S/c9-8(10,11)15-4-2-12-5-7-1-3-13-6-14-7/h7,12H,1-6H2. The second kappa shape index (κ2) is 6.57. The number of halogens is 3. The van der Waals surface area contributed by atoms with Crippen molar-refractivity contribution in [3.8, 4) is 0 Å². The third-order valence-corrected chi connectivity index (χ3v) is 2.62. The lowest BCUT2D eigenvalue weighted by Crippen LogP contribution is -2.35. The fraction of sp³-hybridized carbons (Fsp3) is 1.00. The Morgan fingerprint density at radius 1 is 1.40 bits per heavy atom. The number of hydrogen-bond donors (Lipinski definition) is 1. The number of nitrogens with one attached hydrogen (secondary N) is 1. The summed E-state index contributed by atoms with van der Waals surface area (Å²) in [6, 6.07) is 0. The van der Waals surface area contributed by atoms with Gasteiger partial charge in [0.25, 0.3) is 0 Å². The van der Waals surface area contributed by atoms with E-state index in [0.717, 1.165) is 6.42 Å². The Balaban J connectivity index is 1.92. The zero-order valence-corrected chi connectivity index (χ0v) is 9.00. The molecular weight excluding hydrogens is 231 g/mol. The number of hydrogen-bond acceptors (Lipinski definition) is 4. The van der Waals surface area contributed by atoms with Gasteiger partial charge in [0, 0.05) is 18.8 Å². The third kappa shape index (κ3) is 6.99. The zero-order valence-electron chi connectivity index (χ0n) is 8.18. The Bertz CT molecular complexity index is 174. The van der Waals surface area contributed by atoms with Crippen molar-refractivity contribution in [1.29, 1.82) is 0 Å². The van der Waals surface area contributed by atoms with E-state index >= 15 is 0 Å². The topological polar surface area (TPSA) is 30.5 Å². The van der Waals surface area contributed by atoms with Gasteiger partial charge in [-0.2, -0.15) is 13.2 Å². The summed E-state index contributed by atoms with van der Waals surface area (Å²) in [5.74, 6) is 0.0344. The zero-order chi connectivity index (χ0) is 11.1. The van der Waals surface area contributed by atoms with Crippen LogP contribution in [-0.2, 0) is 9.47 Å². The molecule has 0 aromatic rings. The molecule has 0 radical (unpaired) electrons. The normalized spacial score (nSPS) is 23.0. The van der Waals surface area contributed by atoms with Crippen molar-refractivity contribution in [2.24, 2.45) is 0 Å². The first kappa shape index (κ1) is 13.1. The fourth-order valence-corrected chi connectivity index (χ4v) is 1.64. The molecule has 3 nitrogen and oxygen atoms in total. The molecule has 0 aromatic carbocycles. The van der Waals surface area contributed by atoms with Crippen LogP contribution in [-0.4, -0.2) is 43.9 Å². The van der Waals surface area contributed by atoms with Crippen LogP contribution in [0, 0.1) is 0 Å². The number of thioether (sulfide) groups is 1. The lowest BCUT2D eigenvalue weighted by molar-refractivity contribution is -0.137. The molecule has 1 N–H and O–H groups in total. The average molecular weight is 245 g/mol. The molecule has 0 amide bonds. The van der Waals surface area contributed by atoms with Crippen LogP contribution in [0.1, 0.15) is 6.42 Å². The van der Waals surface area contributed by atoms with Gasteiger partial charge in [0.15, 0.2) is 0 Å². The van der Waals surface area contributed by atoms with Gasteiger partial charge >= 0.3 is 5.51 Å². The highest BCUT2D eigenvalue weighted by molar-refractivity contribution is 8.00. The Labute approximate surface area is 90.7 Å². The maximum Gasteiger partial charge on any atom is 0.441 e. The van der Waals surface area contributed by atoms with E-state index in [9.17, 15) is 13.2 Å². The van der Waals surface area contributed by atoms with Crippen LogP contribution in [0.4, 0.5) is 13.2 Å². The second-order valence-corrected chi connectivity index (χ2v) is 4.26. The fourth-order valence-electron chi connectivity index (χ4n) is 1.16. The second-order valence-electron chi connectivity index (χ2n) is 3.10. The third-order valence-electron chi connectivity index (χ3n) is 1.89. The number of rotatable bonds is 5. The van der Waals surface area contributed by atoms with Crippen LogP contribution in [0.15, 0.2) is 0 Å². The summed E-state index contributed by atoms with van der Waals surface area (Å²) in [5.41, 5.74) is -4.13. The van der Waals surface area contributed by atoms with E-state index in [1.807, 2.05) is 0 Å². The lowest BCUT2D eigenvalue weighted by atomic mass is 10.2. The van der Waals surface area contributed by atoms with Gasteiger partial charge in [-0.25, -0.2) is 0 Å². The molecule has 15 heavy (non-hydrogen) atoms. The van der Waals surface area contributed by atoms with Gasteiger partial charge in [0.1, 0.15) is 6.79 Å². The number of ether oxygens (including phenoxy) is 2. The molecule has 90 valence electrons. The van der Waals surface area contributed by atoms with Crippen molar-refractivity contribution in [2.45, 2.75) is 18.0 Å². The molecule has 0 spiro atoms. The van der Waals surface area contributed by atoms with Crippen molar-refractivity contribution in [3.05, 3.63) is 0 Å². The molecule has 1 rings (SSSR count). The SMILES string of the molecule is FC(F)(F)SCCNCC1CCOCO1. The summed E-state index contributed by atoms with van der Waals surface area (Å²) in [7, 11) is 0. The van der Waals surface area contributed by atoms with E-state index < -0.39 is 5.51 Å². The predicted octanol–water partition coefficient (Wildman–Crippen LogP) is 1.59. The maximum absolute atomic E-state index is 11.7. The molecule has 7 heteroatoms. The highest BCUT2D eigenvalue weighted by atomic mass is 32.2. The highest BCUT2D eigenvalue weighted by Crippen LogP contribution is 2.29. The smallest absolute Gasteiger partial charge is 0.355 e. The van der Waals surface area contributed by atoms with Gasteiger partial charge in [0.2, 0.25) is 0 Å². The van der Waals surface area contributed by atoms with Crippen molar-refractivity contribution in [1.82, 2.24) is 5.32 Å². The Morgan fingerprint density at radius 3 is 2.80 bits per heavy atom. The van der Waals surface area contributed by atoms with Crippen LogP contribution in [0.5, 0.6) is 0 Å². The summed E-state index contributed by atoms with van der Waals surface area (Å²) < 4.78 is 45.4. The summed E-state index contributed by atoms with van der Waals surface area (Å²) in [6.45, 7) is 1.86. The van der Waals surface area contributed by atoms with Crippen molar-refractivity contribution >= 4 is 11.8 Å². The highest BCUT2D eigenvalue weighted by Gasteiger charge is 2.27. The van der Waals surface area contributed by atoms with Gasteiger partial charge < -0.3 is 14.8 Å². The van der Waals surface area contributed by atoms with Gasteiger partial charge in [-0.3, -0.25) is 0 Å². The molecule has 1 aliphatic heterocycles. The van der Waals surface area contributed by atoms with E-state index in [0.29, 0.717) is 19.7 Å². The summed E-state index contributed by atoms with van der Waals surface area (Å²) in [5, 5.41) is 2.93. The van der Waals surface area contributed by atoms with Crippen molar-refractivity contribution in [2.75, 3.05) is 32.2 Å². The van der Waals surface area contributed by atoms with Crippen molar-refractivity contribution in [3.63, 3.8) is 0 Å². The van der Waals surface area contributed by atoms with Crippen LogP contribution >= 0.6 is 11.8 Å². The van der Waals surface area contributed by atoms with Crippen molar-refractivity contribution < 1.29 is 22.6 Å². The molecule has 1 unspecified atom stereocenters. The van der Waals surface area contributed by atoms with E-state index in [1.54, 1.807) is 0 Å². The van der Waals surface area contributed by atoms with E-state index in [2.05, 4.69) is 5.32 Å². The van der Waals surface area contributed by atoms with Crippen LogP contribution in [0.2, 0.25) is 0 Å². The van der Waals surface area contributed by atoms with E-state index in [4.69, 9.17) is 9.47 Å². The maximum atomic E-state index is 11.7. The molecule has 1 heterocycles. The van der Waals surface area contributed by atoms with E-state index in [-0.39, 0.29) is 30.4 Å². The van der Waals surface area contributed by atoms with Gasteiger partial charge in [-0.15, -0.1) is 0 Å². The molecule has 1 fully saturated rings. The first-order valence-electron chi connectivity index (χ1n) is 4.69. The molecule has 1 saturated heterocycles. The molecule has 1 aliphatic rings. The number of alkyl halides is 3. The van der Waals surface area contributed by atoms with Gasteiger partial charge in [-0.1, -0.05) is 0 Å². The van der Waals surface area contributed by atoms with Crippen LogP contribution in [0.25, 0.3) is 0 Å². The van der Waals surface area contributed by atoms with E-state index in [1.165, 1.54) is 0 Å². The Kier molecular flexibility index (Phi) is 5.73. The lowest BCUT2D eigenvalue weighted by Gasteiger charge is -2.22. The van der Waals surface area contributed by atoms with Gasteiger partial charge in [0.05, 0.1) is 12.7 Å². The van der Waals surface area contributed by atoms with Gasteiger partial charge in [-0.05, 0) is 18.2 Å². The minimum Gasteiger partial charge on any atom is -0.355 e. The Morgan fingerprint density at radius 2 is 2.20 bits per heavy atom.